The summed E-state index contributed by atoms with van der Waals surface area (Å²) in [7, 11) is 0. The quantitative estimate of drug-likeness (QED) is 0.333. The van der Waals surface area contributed by atoms with E-state index in [1.54, 1.807) is 6.26 Å². The molecule has 1 aliphatic heterocycles. The molecule has 1 N–H and O–H groups in total. The van der Waals surface area contributed by atoms with Gasteiger partial charge in [-0.05, 0) is 71.4 Å². The fraction of sp³-hybridized carbons (Fsp3) is 0.727. The Kier molecular flexibility index (Phi) is 9.31. The van der Waals surface area contributed by atoms with E-state index in [0.717, 1.165) is 50.7 Å². The van der Waals surface area contributed by atoms with E-state index in [9.17, 15) is 4.79 Å². The van der Waals surface area contributed by atoms with Crippen LogP contribution in [0.5, 0.6) is 0 Å². The lowest BCUT2D eigenvalue weighted by atomic mass is 10.0. The highest BCUT2D eigenvalue weighted by Gasteiger charge is 2.35. The number of nitrogens with one attached hydrogen (secondary N) is 1. The van der Waals surface area contributed by atoms with Crippen LogP contribution in [0.1, 0.15) is 59.1 Å². The van der Waals surface area contributed by atoms with Crippen LogP contribution in [-0.4, -0.2) is 59.7 Å². The van der Waals surface area contributed by atoms with Crippen LogP contribution in [0.15, 0.2) is 27.8 Å². The summed E-state index contributed by atoms with van der Waals surface area (Å²) in [6.07, 6.45) is 5.81. The van der Waals surface area contributed by atoms with E-state index < -0.39 is 5.60 Å². The Balaban J connectivity index is 0.00000320. The third-order valence-electron chi connectivity index (χ3n) is 5.28. The monoisotopic (exact) mass is 532 g/mol. The van der Waals surface area contributed by atoms with Crippen LogP contribution in [0.4, 0.5) is 4.79 Å². The molecule has 0 atom stereocenters. The van der Waals surface area contributed by atoms with Crippen LogP contribution in [0, 0.1) is 5.92 Å². The molecule has 0 bridgehead atoms. The Morgan fingerprint density at radius 3 is 2.53 bits per heavy atom. The molecule has 0 spiro atoms. The highest BCUT2D eigenvalue weighted by Crippen LogP contribution is 2.32. The van der Waals surface area contributed by atoms with Crippen molar-refractivity contribution in [2.45, 2.75) is 71.6 Å². The van der Waals surface area contributed by atoms with Crippen molar-refractivity contribution in [1.29, 1.82) is 0 Å². The van der Waals surface area contributed by atoms with Gasteiger partial charge in [-0.2, -0.15) is 0 Å². The van der Waals surface area contributed by atoms with Crippen molar-refractivity contribution in [1.82, 2.24) is 15.1 Å². The number of hydrogen-bond donors (Lipinski definition) is 1. The van der Waals surface area contributed by atoms with E-state index in [2.05, 4.69) is 17.1 Å². The number of furan rings is 1. The van der Waals surface area contributed by atoms with Gasteiger partial charge in [-0.15, -0.1) is 24.0 Å². The van der Waals surface area contributed by atoms with Crippen molar-refractivity contribution < 1.29 is 13.9 Å². The minimum atomic E-state index is -0.462. The zero-order chi connectivity index (χ0) is 20.9. The molecule has 2 heterocycles. The number of carbonyl (C=O) groups is 1. The number of rotatable bonds is 6. The molecule has 1 saturated carbocycles. The van der Waals surface area contributed by atoms with Crippen molar-refractivity contribution >= 4 is 36.0 Å². The maximum absolute atomic E-state index is 12.8. The molecule has 3 rings (SSSR count). The zero-order valence-corrected chi connectivity index (χ0v) is 21.1. The summed E-state index contributed by atoms with van der Waals surface area (Å²) < 4.78 is 11.1. The number of halogens is 1. The van der Waals surface area contributed by atoms with Gasteiger partial charge in [0.25, 0.3) is 0 Å². The summed E-state index contributed by atoms with van der Waals surface area (Å²) in [5, 5.41) is 3.38. The second-order valence-corrected chi connectivity index (χ2v) is 9.04. The van der Waals surface area contributed by atoms with E-state index in [1.807, 2.05) is 37.8 Å². The van der Waals surface area contributed by atoms with Crippen LogP contribution < -0.4 is 5.32 Å². The normalized spacial score (nSPS) is 18.0. The van der Waals surface area contributed by atoms with Gasteiger partial charge in [0, 0.05) is 32.2 Å². The van der Waals surface area contributed by atoms with Crippen LogP contribution in [0.3, 0.4) is 0 Å². The highest BCUT2D eigenvalue weighted by atomic mass is 127. The van der Waals surface area contributed by atoms with Gasteiger partial charge in [-0.1, -0.05) is 0 Å². The van der Waals surface area contributed by atoms with Gasteiger partial charge in [-0.3, -0.25) is 0 Å². The largest absolute Gasteiger partial charge is 0.467 e. The number of ether oxygens (including phenoxy) is 1. The first-order chi connectivity index (χ1) is 13.9. The molecule has 7 nitrogen and oxygen atoms in total. The molecular formula is C22H37IN4O3. The third-order valence-corrected chi connectivity index (χ3v) is 5.28. The highest BCUT2D eigenvalue weighted by molar-refractivity contribution is 14.0. The van der Waals surface area contributed by atoms with Crippen LogP contribution in [0.25, 0.3) is 0 Å². The lowest BCUT2D eigenvalue weighted by Crippen LogP contribution is -2.52. The molecule has 1 amide bonds. The third kappa shape index (κ3) is 7.67. The molecule has 8 heteroatoms. The summed E-state index contributed by atoms with van der Waals surface area (Å²) in [4.78, 5) is 21.8. The number of nitrogens with zero attached hydrogens (tertiary/aromatic N) is 3. The van der Waals surface area contributed by atoms with Gasteiger partial charge < -0.3 is 24.3 Å². The van der Waals surface area contributed by atoms with E-state index >= 15 is 0 Å². The summed E-state index contributed by atoms with van der Waals surface area (Å²) in [5.41, 5.74) is -0.462. The molecule has 0 unspecified atom stereocenters. The minimum Gasteiger partial charge on any atom is -0.467 e. The first-order valence-electron chi connectivity index (χ1n) is 10.9. The van der Waals surface area contributed by atoms with E-state index in [-0.39, 0.29) is 36.1 Å². The van der Waals surface area contributed by atoms with E-state index in [1.165, 1.54) is 12.8 Å². The minimum absolute atomic E-state index is 0. The second kappa shape index (κ2) is 11.2. The van der Waals surface area contributed by atoms with Gasteiger partial charge in [0.2, 0.25) is 0 Å². The van der Waals surface area contributed by atoms with Crippen molar-refractivity contribution in [3.63, 3.8) is 0 Å². The Bertz CT molecular complexity index is 675. The first kappa shape index (κ1) is 24.8. The SMILES string of the molecule is CCNC(=NCc1ccco1)N1CCC(N(CC2CC2)C(=O)OC(C)(C)C)CC1.I. The average molecular weight is 532 g/mol. The van der Waals surface area contributed by atoms with Crippen LogP contribution in [0.2, 0.25) is 0 Å². The fourth-order valence-electron chi connectivity index (χ4n) is 3.64. The van der Waals surface area contributed by atoms with Crippen LogP contribution in [-0.2, 0) is 11.3 Å². The molecule has 1 aliphatic carbocycles. The maximum atomic E-state index is 12.8. The number of aliphatic imine (C=N–C) groups is 1. The van der Waals surface area contributed by atoms with Gasteiger partial charge in [0.05, 0.1) is 6.26 Å². The Hall–Kier alpha value is -1.45. The van der Waals surface area contributed by atoms with Gasteiger partial charge in [0.1, 0.15) is 17.9 Å². The van der Waals surface area contributed by atoms with Gasteiger partial charge in [-0.25, -0.2) is 9.79 Å². The fourth-order valence-corrected chi connectivity index (χ4v) is 3.64. The Morgan fingerprint density at radius 2 is 2.00 bits per heavy atom. The molecule has 30 heavy (non-hydrogen) atoms. The smallest absolute Gasteiger partial charge is 0.410 e. The number of piperidine rings is 1. The summed E-state index contributed by atoms with van der Waals surface area (Å²) in [5.74, 6) is 2.41. The number of likely N-dealkylation sites (tertiary alicyclic amines) is 1. The number of carbonyl (C=O) groups excluding carboxylic acids is 1. The molecule has 1 aromatic rings. The maximum Gasteiger partial charge on any atom is 0.410 e. The lowest BCUT2D eigenvalue weighted by molar-refractivity contribution is 0.00928. The predicted octanol–water partition coefficient (Wildman–Crippen LogP) is 4.47. The zero-order valence-electron chi connectivity index (χ0n) is 18.7. The van der Waals surface area contributed by atoms with E-state index in [0.29, 0.717) is 12.5 Å². The summed E-state index contributed by atoms with van der Waals surface area (Å²) in [6, 6.07) is 4.05. The topological polar surface area (TPSA) is 70.3 Å². The van der Waals surface area contributed by atoms with Crippen molar-refractivity contribution in [3.8, 4) is 0 Å². The van der Waals surface area contributed by atoms with Crippen molar-refractivity contribution in [2.24, 2.45) is 10.9 Å². The first-order valence-corrected chi connectivity index (χ1v) is 10.9. The molecular weight excluding hydrogens is 495 g/mol. The molecule has 2 fully saturated rings. The molecule has 1 aromatic heterocycles. The predicted molar refractivity (Wildman–Crippen MR) is 129 cm³/mol. The number of guanidine groups is 1. The van der Waals surface area contributed by atoms with Gasteiger partial charge >= 0.3 is 6.09 Å². The molecule has 0 radical (unpaired) electrons. The average Bonchev–Trinajstić information content (AvgIpc) is 3.34. The van der Waals surface area contributed by atoms with E-state index in [4.69, 9.17) is 14.1 Å². The van der Waals surface area contributed by atoms with Crippen molar-refractivity contribution in [3.05, 3.63) is 24.2 Å². The molecule has 1 saturated heterocycles. The molecule has 170 valence electrons. The molecule has 2 aliphatic rings. The Labute approximate surface area is 197 Å². The Morgan fingerprint density at radius 1 is 1.30 bits per heavy atom. The lowest BCUT2D eigenvalue weighted by Gasteiger charge is -2.40. The number of amides is 1. The molecule has 0 aromatic carbocycles. The number of hydrogen-bond acceptors (Lipinski definition) is 4. The van der Waals surface area contributed by atoms with Gasteiger partial charge in [0.15, 0.2) is 5.96 Å². The summed E-state index contributed by atoms with van der Waals surface area (Å²) in [6.45, 7) is 11.8. The second-order valence-electron chi connectivity index (χ2n) is 9.04. The van der Waals surface area contributed by atoms with Crippen molar-refractivity contribution in [2.75, 3.05) is 26.2 Å². The summed E-state index contributed by atoms with van der Waals surface area (Å²) >= 11 is 0. The standard InChI is InChI=1S/C22H36N4O3.HI/c1-5-23-20(24-15-19-7-6-14-28-19)25-12-10-18(11-13-25)26(16-17-8-9-17)21(27)29-22(2,3)4;/h6-7,14,17-18H,5,8-13,15-16H2,1-4H3,(H,23,24);1H. The van der Waals surface area contributed by atoms with Crippen LogP contribution >= 0.6 is 24.0 Å².